The van der Waals surface area contributed by atoms with E-state index in [2.05, 4.69) is 36.9 Å². The molecule has 1 aromatic rings. The fraction of sp³-hybridized carbons (Fsp3) is 0.600. The molecule has 0 aromatic heterocycles. The molecule has 1 unspecified atom stereocenters. The molecule has 0 aliphatic carbocycles. The fourth-order valence-electron chi connectivity index (χ4n) is 3.17. The van der Waals surface area contributed by atoms with Crippen molar-refractivity contribution in [1.82, 2.24) is 0 Å². The molecular formula is C15H24N2O2S. The molecule has 1 aromatic carbocycles. The van der Waals surface area contributed by atoms with Crippen LogP contribution in [0.25, 0.3) is 0 Å². The van der Waals surface area contributed by atoms with Gasteiger partial charge in [-0.15, -0.1) is 0 Å². The second-order valence-electron chi connectivity index (χ2n) is 5.97. The van der Waals surface area contributed by atoms with E-state index in [4.69, 9.17) is 5.73 Å². The number of hydrogen-bond donors (Lipinski definition) is 1. The monoisotopic (exact) mass is 296 g/mol. The Bertz CT molecular complexity index is 598. The summed E-state index contributed by atoms with van der Waals surface area (Å²) < 4.78 is 24.0. The summed E-state index contributed by atoms with van der Waals surface area (Å²) in [4.78, 5) is 2.08. The van der Waals surface area contributed by atoms with Gasteiger partial charge < -0.3 is 10.6 Å². The van der Waals surface area contributed by atoms with E-state index in [0.717, 1.165) is 17.7 Å². The lowest BCUT2D eigenvalue weighted by atomic mass is 9.92. The largest absolute Gasteiger partial charge is 0.366 e. The van der Waals surface area contributed by atoms with Crippen LogP contribution in [0.1, 0.15) is 24.0 Å². The van der Waals surface area contributed by atoms with Crippen LogP contribution in [0, 0.1) is 13.8 Å². The first kappa shape index (κ1) is 15.3. The number of aryl methyl sites for hydroxylation is 2. The zero-order valence-electron chi connectivity index (χ0n) is 12.5. The fourth-order valence-corrected chi connectivity index (χ4v) is 5.18. The Morgan fingerprint density at radius 2 is 2.05 bits per heavy atom. The predicted molar refractivity (Wildman–Crippen MR) is 84.0 cm³/mol. The maximum absolute atomic E-state index is 12.0. The zero-order chi connectivity index (χ0) is 15.0. The summed E-state index contributed by atoms with van der Waals surface area (Å²) in [7, 11) is -1.03. The Morgan fingerprint density at radius 3 is 2.60 bits per heavy atom. The lowest BCUT2D eigenvalue weighted by Gasteiger charge is -2.45. The van der Waals surface area contributed by atoms with Gasteiger partial charge in [0, 0.05) is 19.3 Å². The average Bonchev–Trinajstić information content (AvgIpc) is 2.36. The highest BCUT2D eigenvalue weighted by Gasteiger charge is 2.41. The van der Waals surface area contributed by atoms with Gasteiger partial charge in [-0.1, -0.05) is 17.7 Å². The van der Waals surface area contributed by atoms with Gasteiger partial charge in [-0.2, -0.15) is 0 Å². The van der Waals surface area contributed by atoms with Crippen molar-refractivity contribution in [3.63, 3.8) is 0 Å². The Hall–Kier alpha value is -1.07. The quantitative estimate of drug-likeness (QED) is 0.921. The van der Waals surface area contributed by atoms with Crippen molar-refractivity contribution < 1.29 is 8.42 Å². The van der Waals surface area contributed by atoms with Gasteiger partial charge in [-0.25, -0.2) is 8.42 Å². The molecule has 1 saturated heterocycles. The number of benzene rings is 1. The SMILES string of the molecule is Cc1ccc(N(C)C2(CN)CCCS(=O)(=O)C2)c(C)c1. The summed E-state index contributed by atoms with van der Waals surface area (Å²) in [5.41, 5.74) is 8.93. The minimum atomic E-state index is -3.00. The molecule has 1 aliphatic rings. The number of sulfone groups is 1. The number of nitrogens with zero attached hydrogens (tertiary/aromatic N) is 1. The summed E-state index contributed by atoms with van der Waals surface area (Å²) in [6.07, 6.45) is 1.52. The van der Waals surface area contributed by atoms with E-state index in [9.17, 15) is 8.42 Å². The molecule has 0 amide bonds. The van der Waals surface area contributed by atoms with Gasteiger partial charge in [0.15, 0.2) is 9.84 Å². The number of hydrogen-bond acceptors (Lipinski definition) is 4. The Kier molecular flexibility index (Phi) is 4.12. The lowest BCUT2D eigenvalue weighted by Crippen LogP contribution is -2.59. The first-order valence-electron chi connectivity index (χ1n) is 7.01. The van der Waals surface area contributed by atoms with Crippen LogP contribution in [-0.2, 0) is 9.84 Å². The average molecular weight is 296 g/mol. The number of rotatable bonds is 3. The van der Waals surface area contributed by atoms with Gasteiger partial charge in [-0.3, -0.25) is 0 Å². The summed E-state index contributed by atoms with van der Waals surface area (Å²) in [5, 5.41) is 0. The molecule has 0 radical (unpaired) electrons. The Morgan fingerprint density at radius 1 is 1.35 bits per heavy atom. The molecule has 0 spiro atoms. The molecular weight excluding hydrogens is 272 g/mol. The van der Waals surface area contributed by atoms with Gasteiger partial charge >= 0.3 is 0 Å². The van der Waals surface area contributed by atoms with Crippen LogP contribution in [0.5, 0.6) is 0 Å². The summed E-state index contributed by atoms with van der Waals surface area (Å²) in [6, 6.07) is 6.23. The van der Waals surface area contributed by atoms with Gasteiger partial charge in [0.2, 0.25) is 0 Å². The minimum absolute atomic E-state index is 0.153. The van der Waals surface area contributed by atoms with Crippen LogP contribution < -0.4 is 10.6 Å². The highest BCUT2D eigenvalue weighted by Crippen LogP contribution is 2.33. The van der Waals surface area contributed by atoms with Crippen LogP contribution >= 0.6 is 0 Å². The molecule has 20 heavy (non-hydrogen) atoms. The molecule has 112 valence electrons. The molecule has 4 nitrogen and oxygen atoms in total. The molecule has 1 atom stereocenters. The van der Waals surface area contributed by atoms with Crippen molar-refractivity contribution >= 4 is 15.5 Å². The van der Waals surface area contributed by atoms with Crippen LogP contribution in [0.4, 0.5) is 5.69 Å². The molecule has 1 aliphatic heterocycles. The third-order valence-corrected chi connectivity index (χ3v) is 6.28. The van der Waals surface area contributed by atoms with E-state index < -0.39 is 15.4 Å². The number of nitrogens with two attached hydrogens (primary N) is 1. The van der Waals surface area contributed by atoms with Crippen LogP contribution in [0.2, 0.25) is 0 Å². The molecule has 1 heterocycles. The van der Waals surface area contributed by atoms with Gasteiger partial charge in [0.25, 0.3) is 0 Å². The van der Waals surface area contributed by atoms with Crippen LogP contribution in [0.3, 0.4) is 0 Å². The van der Waals surface area contributed by atoms with E-state index in [1.807, 2.05) is 7.05 Å². The highest BCUT2D eigenvalue weighted by atomic mass is 32.2. The van der Waals surface area contributed by atoms with E-state index in [-0.39, 0.29) is 11.5 Å². The first-order chi connectivity index (χ1) is 9.30. The predicted octanol–water partition coefficient (Wildman–Crippen LogP) is 1.65. The highest BCUT2D eigenvalue weighted by molar-refractivity contribution is 7.91. The van der Waals surface area contributed by atoms with Gasteiger partial charge in [0.05, 0.1) is 17.0 Å². The first-order valence-corrected chi connectivity index (χ1v) is 8.83. The summed E-state index contributed by atoms with van der Waals surface area (Å²) in [6.45, 7) is 4.47. The minimum Gasteiger partial charge on any atom is -0.366 e. The second kappa shape index (κ2) is 5.37. The van der Waals surface area contributed by atoms with Gasteiger partial charge in [0.1, 0.15) is 0 Å². The maximum atomic E-state index is 12.0. The normalized spacial score (nSPS) is 25.4. The smallest absolute Gasteiger partial charge is 0.152 e. The Balaban J connectivity index is 2.40. The van der Waals surface area contributed by atoms with Gasteiger partial charge in [-0.05, 0) is 38.3 Å². The van der Waals surface area contributed by atoms with Crippen molar-refractivity contribution in [2.75, 3.05) is 30.0 Å². The number of likely N-dealkylation sites (N-methyl/N-ethyl adjacent to an activating group) is 1. The second-order valence-corrected chi connectivity index (χ2v) is 8.16. The summed E-state index contributed by atoms with van der Waals surface area (Å²) in [5.74, 6) is 0.440. The Labute approximate surface area is 121 Å². The molecule has 2 N–H and O–H groups in total. The molecule has 2 rings (SSSR count). The number of anilines is 1. The van der Waals surface area contributed by atoms with E-state index >= 15 is 0 Å². The van der Waals surface area contributed by atoms with Crippen LogP contribution in [-0.4, -0.2) is 39.1 Å². The third-order valence-electron chi connectivity index (χ3n) is 4.39. The third kappa shape index (κ3) is 2.83. The van der Waals surface area contributed by atoms with Crippen molar-refractivity contribution in [2.45, 2.75) is 32.2 Å². The van der Waals surface area contributed by atoms with E-state index in [1.54, 1.807) is 0 Å². The van der Waals surface area contributed by atoms with Crippen molar-refractivity contribution in [2.24, 2.45) is 5.73 Å². The molecule has 5 heteroatoms. The van der Waals surface area contributed by atoms with Crippen molar-refractivity contribution in [1.29, 1.82) is 0 Å². The lowest BCUT2D eigenvalue weighted by molar-refractivity contribution is 0.398. The topological polar surface area (TPSA) is 63.4 Å². The molecule has 1 fully saturated rings. The molecule has 0 saturated carbocycles. The zero-order valence-corrected chi connectivity index (χ0v) is 13.3. The molecule has 0 bridgehead atoms. The van der Waals surface area contributed by atoms with Crippen molar-refractivity contribution in [3.05, 3.63) is 29.3 Å². The van der Waals surface area contributed by atoms with Crippen molar-refractivity contribution in [3.8, 4) is 0 Å². The van der Waals surface area contributed by atoms with Crippen LogP contribution in [0.15, 0.2) is 18.2 Å². The maximum Gasteiger partial charge on any atom is 0.152 e. The van der Waals surface area contributed by atoms with E-state index in [1.165, 1.54) is 5.56 Å². The standard InChI is InChI=1S/C15H24N2O2S/c1-12-5-6-14(13(2)9-12)17(3)15(10-16)7-4-8-20(18,19)11-15/h5-6,9H,4,7-8,10-11,16H2,1-3H3. The summed E-state index contributed by atoms with van der Waals surface area (Å²) >= 11 is 0. The van der Waals surface area contributed by atoms with E-state index in [0.29, 0.717) is 13.0 Å².